The van der Waals surface area contributed by atoms with Gasteiger partial charge in [0, 0.05) is 11.1 Å². The van der Waals surface area contributed by atoms with Crippen molar-refractivity contribution < 1.29 is 13.9 Å². The summed E-state index contributed by atoms with van der Waals surface area (Å²) in [4.78, 5) is 10.8. The number of hydrogen-bond acceptors (Lipinski definition) is 2. The van der Waals surface area contributed by atoms with E-state index in [2.05, 4.69) is 0 Å². The molecule has 0 saturated heterocycles. The predicted molar refractivity (Wildman–Crippen MR) is 67.3 cm³/mol. The molecule has 0 bridgehead atoms. The molecule has 3 heteroatoms. The van der Waals surface area contributed by atoms with E-state index in [1.807, 2.05) is 6.92 Å². The molecule has 2 aromatic carbocycles. The summed E-state index contributed by atoms with van der Waals surface area (Å²) < 4.78 is 18.6. The first-order chi connectivity index (χ1) is 8.70. The monoisotopic (exact) mass is 244 g/mol. The summed E-state index contributed by atoms with van der Waals surface area (Å²) in [6.07, 6.45) is 0.796. The first kappa shape index (κ1) is 12.3. The van der Waals surface area contributed by atoms with Crippen LogP contribution in [0.5, 0.6) is 5.75 Å². The Bertz CT molecular complexity index is 564. The Hall–Kier alpha value is -2.16. The fourth-order valence-electron chi connectivity index (χ4n) is 1.70. The molecule has 2 aromatic rings. The van der Waals surface area contributed by atoms with E-state index in [-0.39, 0.29) is 12.4 Å². The largest absolute Gasteiger partial charge is 0.489 e. The van der Waals surface area contributed by atoms with Crippen molar-refractivity contribution in [3.8, 4) is 5.75 Å². The van der Waals surface area contributed by atoms with Gasteiger partial charge < -0.3 is 4.74 Å². The van der Waals surface area contributed by atoms with Gasteiger partial charge in [0.15, 0.2) is 0 Å². The average Bonchev–Trinajstić information content (AvgIpc) is 2.38. The average molecular weight is 244 g/mol. The SMILES string of the molecule is Cc1c(C=O)cccc1OCc1cccc(F)c1. The van der Waals surface area contributed by atoms with E-state index in [1.165, 1.54) is 12.1 Å². The van der Waals surface area contributed by atoms with Crippen molar-refractivity contribution in [2.24, 2.45) is 0 Å². The van der Waals surface area contributed by atoms with E-state index in [4.69, 9.17) is 4.74 Å². The lowest BCUT2D eigenvalue weighted by molar-refractivity contribution is 0.112. The van der Waals surface area contributed by atoms with Crippen molar-refractivity contribution in [2.45, 2.75) is 13.5 Å². The summed E-state index contributed by atoms with van der Waals surface area (Å²) in [5.74, 6) is 0.360. The Morgan fingerprint density at radius 3 is 2.72 bits per heavy atom. The van der Waals surface area contributed by atoms with Gasteiger partial charge in [0.2, 0.25) is 0 Å². The van der Waals surface area contributed by atoms with Crippen LogP contribution < -0.4 is 4.74 Å². The highest BCUT2D eigenvalue weighted by molar-refractivity contribution is 5.78. The smallest absolute Gasteiger partial charge is 0.150 e. The Morgan fingerprint density at radius 1 is 1.22 bits per heavy atom. The zero-order chi connectivity index (χ0) is 13.0. The van der Waals surface area contributed by atoms with Crippen molar-refractivity contribution in [3.63, 3.8) is 0 Å². The molecule has 0 aliphatic carbocycles. The van der Waals surface area contributed by atoms with Gasteiger partial charge in [-0.25, -0.2) is 4.39 Å². The van der Waals surface area contributed by atoms with Crippen molar-refractivity contribution in [1.82, 2.24) is 0 Å². The highest BCUT2D eigenvalue weighted by Crippen LogP contribution is 2.21. The van der Waals surface area contributed by atoms with Gasteiger partial charge >= 0.3 is 0 Å². The number of carbonyl (C=O) groups is 1. The van der Waals surface area contributed by atoms with Crippen LogP contribution in [0, 0.1) is 12.7 Å². The van der Waals surface area contributed by atoms with Crippen LogP contribution in [-0.4, -0.2) is 6.29 Å². The van der Waals surface area contributed by atoms with E-state index < -0.39 is 0 Å². The van der Waals surface area contributed by atoms with Crippen molar-refractivity contribution in [2.75, 3.05) is 0 Å². The lowest BCUT2D eigenvalue weighted by Gasteiger charge is -2.10. The summed E-state index contributed by atoms with van der Waals surface area (Å²) in [6, 6.07) is 11.5. The summed E-state index contributed by atoms with van der Waals surface area (Å²) in [6.45, 7) is 2.10. The Kier molecular flexibility index (Phi) is 3.72. The van der Waals surface area contributed by atoms with Crippen molar-refractivity contribution in [3.05, 3.63) is 65.0 Å². The Morgan fingerprint density at radius 2 is 2.00 bits per heavy atom. The minimum atomic E-state index is -0.283. The fraction of sp³-hybridized carbons (Fsp3) is 0.133. The zero-order valence-electron chi connectivity index (χ0n) is 10.0. The van der Waals surface area contributed by atoms with E-state index in [0.29, 0.717) is 11.3 Å². The van der Waals surface area contributed by atoms with Crippen LogP contribution in [0.4, 0.5) is 4.39 Å². The van der Waals surface area contributed by atoms with Gasteiger partial charge in [0.1, 0.15) is 24.5 Å². The van der Waals surface area contributed by atoms with Gasteiger partial charge in [0.25, 0.3) is 0 Å². The first-order valence-corrected chi connectivity index (χ1v) is 5.63. The maximum Gasteiger partial charge on any atom is 0.150 e. The Labute approximate surface area is 105 Å². The molecule has 0 N–H and O–H groups in total. The normalized spacial score (nSPS) is 10.1. The third-order valence-electron chi connectivity index (χ3n) is 2.74. The van der Waals surface area contributed by atoms with Crippen LogP contribution in [0.2, 0.25) is 0 Å². The predicted octanol–water partition coefficient (Wildman–Crippen LogP) is 3.53. The number of halogens is 1. The zero-order valence-corrected chi connectivity index (χ0v) is 10.0. The molecule has 0 radical (unpaired) electrons. The summed E-state index contributed by atoms with van der Waals surface area (Å²) in [5.41, 5.74) is 2.15. The number of carbonyl (C=O) groups excluding carboxylic acids is 1. The van der Waals surface area contributed by atoms with Crippen LogP contribution in [0.15, 0.2) is 42.5 Å². The second-order valence-corrected chi connectivity index (χ2v) is 4.01. The molecule has 2 rings (SSSR count). The highest BCUT2D eigenvalue weighted by Gasteiger charge is 2.04. The van der Waals surface area contributed by atoms with Crippen LogP contribution in [0.25, 0.3) is 0 Å². The minimum absolute atomic E-state index is 0.279. The van der Waals surface area contributed by atoms with Crippen molar-refractivity contribution >= 4 is 6.29 Å². The minimum Gasteiger partial charge on any atom is -0.489 e. The van der Waals surface area contributed by atoms with Crippen molar-refractivity contribution in [1.29, 1.82) is 0 Å². The van der Waals surface area contributed by atoms with Gasteiger partial charge in [-0.2, -0.15) is 0 Å². The number of hydrogen-bond donors (Lipinski definition) is 0. The quantitative estimate of drug-likeness (QED) is 0.769. The molecule has 92 valence electrons. The molecular formula is C15H13FO2. The molecule has 0 saturated carbocycles. The Balaban J connectivity index is 2.13. The van der Waals surface area contributed by atoms with Crippen LogP contribution in [-0.2, 0) is 6.61 Å². The number of rotatable bonds is 4. The fourth-order valence-corrected chi connectivity index (χ4v) is 1.70. The summed E-state index contributed by atoms with van der Waals surface area (Å²) in [5, 5.41) is 0. The number of benzene rings is 2. The molecule has 0 aromatic heterocycles. The maximum absolute atomic E-state index is 13.0. The van der Waals surface area contributed by atoms with Gasteiger partial charge in [0.05, 0.1) is 0 Å². The number of ether oxygens (including phenoxy) is 1. The van der Waals surface area contributed by atoms with Crippen LogP contribution >= 0.6 is 0 Å². The molecule has 0 atom stereocenters. The molecule has 0 aliphatic rings. The van der Waals surface area contributed by atoms with E-state index in [0.717, 1.165) is 17.4 Å². The molecule has 0 unspecified atom stereocenters. The van der Waals surface area contributed by atoms with Crippen LogP contribution in [0.1, 0.15) is 21.5 Å². The maximum atomic E-state index is 13.0. The van der Waals surface area contributed by atoms with Gasteiger partial charge in [-0.15, -0.1) is 0 Å². The summed E-state index contributed by atoms with van der Waals surface area (Å²) in [7, 11) is 0. The second-order valence-electron chi connectivity index (χ2n) is 4.01. The first-order valence-electron chi connectivity index (χ1n) is 5.63. The lowest BCUT2D eigenvalue weighted by Crippen LogP contribution is -1.99. The van der Waals surface area contributed by atoms with Gasteiger partial charge in [-0.1, -0.05) is 24.3 Å². The van der Waals surface area contributed by atoms with E-state index in [9.17, 15) is 9.18 Å². The molecule has 0 aliphatic heterocycles. The molecule has 0 spiro atoms. The second kappa shape index (κ2) is 5.45. The molecular weight excluding hydrogens is 231 g/mol. The number of aldehydes is 1. The molecule has 0 heterocycles. The molecule has 18 heavy (non-hydrogen) atoms. The highest BCUT2D eigenvalue weighted by atomic mass is 19.1. The summed E-state index contributed by atoms with van der Waals surface area (Å²) >= 11 is 0. The van der Waals surface area contributed by atoms with Gasteiger partial charge in [-0.3, -0.25) is 4.79 Å². The topological polar surface area (TPSA) is 26.3 Å². The van der Waals surface area contributed by atoms with E-state index >= 15 is 0 Å². The van der Waals surface area contributed by atoms with Crippen LogP contribution in [0.3, 0.4) is 0 Å². The standard InChI is InChI=1S/C15H13FO2/c1-11-13(9-17)5-3-7-15(11)18-10-12-4-2-6-14(16)8-12/h2-9H,10H2,1H3. The van der Waals surface area contributed by atoms with Gasteiger partial charge in [-0.05, 0) is 30.7 Å². The van der Waals surface area contributed by atoms with E-state index in [1.54, 1.807) is 30.3 Å². The lowest BCUT2D eigenvalue weighted by atomic mass is 10.1. The molecule has 2 nitrogen and oxygen atoms in total. The third-order valence-corrected chi connectivity index (χ3v) is 2.74. The molecule has 0 fully saturated rings. The third kappa shape index (κ3) is 2.74. The molecule has 0 amide bonds.